The van der Waals surface area contributed by atoms with E-state index in [0.717, 1.165) is 19.3 Å². The molecule has 2 fully saturated rings. The van der Waals surface area contributed by atoms with Gasteiger partial charge < -0.3 is 10.1 Å². The minimum Gasteiger partial charge on any atom is -0.491 e. The summed E-state index contributed by atoms with van der Waals surface area (Å²) >= 11 is 0. The zero-order chi connectivity index (χ0) is 12.8. The summed E-state index contributed by atoms with van der Waals surface area (Å²) in [6, 6.07) is 2.78. The zero-order valence-corrected chi connectivity index (χ0v) is 10.8. The van der Waals surface area contributed by atoms with Crippen molar-refractivity contribution in [2.45, 2.75) is 6.18 Å². The molecule has 2 aliphatic rings. The first-order valence-corrected chi connectivity index (χ1v) is 5.93. The lowest BCUT2D eigenvalue weighted by Gasteiger charge is -2.13. The minimum absolute atomic E-state index is 0. The fraction of sp³-hybridized carbons (Fsp3) is 0.583. The third-order valence-corrected chi connectivity index (χ3v) is 3.74. The summed E-state index contributed by atoms with van der Waals surface area (Å²) in [7, 11) is 0. The summed E-state index contributed by atoms with van der Waals surface area (Å²) in [5, 5.41) is 3.24. The number of nitrogens with one attached hydrogen (secondary N) is 1. The fourth-order valence-electron chi connectivity index (χ4n) is 2.70. The average Bonchev–Trinajstić information content (AvgIpc) is 2.77. The summed E-state index contributed by atoms with van der Waals surface area (Å²) in [4.78, 5) is 3.36. The molecule has 1 saturated heterocycles. The molecule has 0 spiro atoms. The molecule has 2 heterocycles. The van der Waals surface area contributed by atoms with E-state index in [-0.39, 0.29) is 18.2 Å². The second-order valence-electron chi connectivity index (χ2n) is 4.81. The molecule has 0 bridgehead atoms. The van der Waals surface area contributed by atoms with Crippen molar-refractivity contribution >= 4 is 12.4 Å². The number of halogens is 4. The van der Waals surface area contributed by atoms with Crippen LogP contribution in [0.15, 0.2) is 18.3 Å². The van der Waals surface area contributed by atoms with Gasteiger partial charge in [0.05, 0.1) is 6.61 Å². The summed E-state index contributed by atoms with van der Waals surface area (Å²) in [6.07, 6.45) is -3.33. The first kappa shape index (κ1) is 14.4. The molecular formula is C12H14ClF3N2O. The standard InChI is InChI=1S/C12H13F3N2O.ClH/c13-12(14,15)11-10(2-1-3-17-11)18-6-9-7-4-16-5-8(7)9;/h1-3,7-9,16H,4-6H2;1H. The number of piperidine rings is 1. The highest BCUT2D eigenvalue weighted by Gasteiger charge is 2.53. The van der Waals surface area contributed by atoms with Gasteiger partial charge in [-0.1, -0.05) is 0 Å². The minimum atomic E-state index is -4.46. The molecule has 3 nitrogen and oxygen atoms in total. The number of nitrogens with zero attached hydrogens (tertiary/aromatic N) is 1. The lowest BCUT2D eigenvalue weighted by Crippen LogP contribution is -2.18. The summed E-state index contributed by atoms with van der Waals surface area (Å²) in [5.41, 5.74) is -0.936. The van der Waals surface area contributed by atoms with Crippen LogP contribution in [-0.2, 0) is 6.18 Å². The van der Waals surface area contributed by atoms with Crippen LogP contribution in [-0.4, -0.2) is 24.7 Å². The first-order valence-electron chi connectivity index (χ1n) is 5.93. The predicted molar refractivity (Wildman–Crippen MR) is 65.3 cm³/mol. The van der Waals surface area contributed by atoms with Crippen LogP contribution in [0, 0.1) is 17.8 Å². The average molecular weight is 295 g/mol. The van der Waals surface area contributed by atoms with Gasteiger partial charge in [-0.15, -0.1) is 12.4 Å². The van der Waals surface area contributed by atoms with Crippen LogP contribution in [0.5, 0.6) is 5.75 Å². The molecule has 0 amide bonds. The normalized spacial score (nSPS) is 28.5. The molecule has 2 atom stereocenters. The van der Waals surface area contributed by atoms with Crippen molar-refractivity contribution in [3.8, 4) is 5.75 Å². The number of alkyl halides is 3. The van der Waals surface area contributed by atoms with E-state index in [9.17, 15) is 13.2 Å². The van der Waals surface area contributed by atoms with Gasteiger partial charge in [-0.25, -0.2) is 4.98 Å². The van der Waals surface area contributed by atoms with Gasteiger partial charge in [0.25, 0.3) is 0 Å². The molecule has 1 N–H and O–H groups in total. The number of aromatic nitrogens is 1. The number of rotatable bonds is 3. The van der Waals surface area contributed by atoms with Crippen molar-refractivity contribution in [1.29, 1.82) is 0 Å². The maximum Gasteiger partial charge on any atom is 0.437 e. The Kier molecular flexibility index (Phi) is 3.92. The van der Waals surface area contributed by atoms with Gasteiger partial charge in [-0.2, -0.15) is 13.2 Å². The van der Waals surface area contributed by atoms with Crippen LogP contribution in [0.4, 0.5) is 13.2 Å². The number of ether oxygens (including phenoxy) is 1. The number of hydrogen-bond donors (Lipinski definition) is 1. The highest BCUT2D eigenvalue weighted by Crippen LogP contribution is 2.48. The monoisotopic (exact) mass is 294 g/mol. The Hall–Kier alpha value is -1.01. The van der Waals surface area contributed by atoms with E-state index >= 15 is 0 Å². The SMILES string of the molecule is Cl.FC(F)(F)c1ncccc1OCC1C2CNCC21. The first-order chi connectivity index (χ1) is 8.57. The van der Waals surface area contributed by atoms with E-state index in [1.165, 1.54) is 12.1 Å². The number of fused-ring (bicyclic) bond motifs is 1. The Morgan fingerprint density at radius 2 is 2.00 bits per heavy atom. The van der Waals surface area contributed by atoms with Crippen molar-refractivity contribution in [2.24, 2.45) is 17.8 Å². The molecule has 2 unspecified atom stereocenters. The maximum absolute atomic E-state index is 12.7. The van der Waals surface area contributed by atoms with Crippen LogP contribution in [0.1, 0.15) is 5.69 Å². The molecule has 7 heteroatoms. The van der Waals surface area contributed by atoms with Gasteiger partial charge >= 0.3 is 6.18 Å². The lowest BCUT2D eigenvalue weighted by molar-refractivity contribution is -0.142. The molecule has 19 heavy (non-hydrogen) atoms. The summed E-state index contributed by atoms with van der Waals surface area (Å²) in [6.45, 7) is 2.27. The van der Waals surface area contributed by atoms with E-state index in [4.69, 9.17) is 4.74 Å². The summed E-state index contributed by atoms with van der Waals surface area (Å²) in [5.74, 6) is 1.39. The quantitative estimate of drug-likeness (QED) is 0.929. The predicted octanol–water partition coefficient (Wildman–Crippen LogP) is 2.37. The number of pyridine rings is 1. The van der Waals surface area contributed by atoms with Crippen molar-refractivity contribution in [3.05, 3.63) is 24.0 Å². The molecule has 0 aromatic carbocycles. The van der Waals surface area contributed by atoms with Crippen molar-refractivity contribution < 1.29 is 17.9 Å². The van der Waals surface area contributed by atoms with E-state index in [1.54, 1.807) is 0 Å². The Bertz CT molecular complexity index is 445. The van der Waals surface area contributed by atoms with Crippen LogP contribution in [0.3, 0.4) is 0 Å². The van der Waals surface area contributed by atoms with Gasteiger partial charge in [0.15, 0.2) is 5.69 Å². The van der Waals surface area contributed by atoms with E-state index in [0.29, 0.717) is 24.4 Å². The Balaban J connectivity index is 0.00000133. The van der Waals surface area contributed by atoms with Crippen molar-refractivity contribution in [1.82, 2.24) is 10.3 Å². The van der Waals surface area contributed by atoms with Crippen molar-refractivity contribution in [2.75, 3.05) is 19.7 Å². The van der Waals surface area contributed by atoms with Crippen LogP contribution < -0.4 is 10.1 Å². The number of hydrogen-bond acceptors (Lipinski definition) is 3. The molecular weight excluding hydrogens is 281 g/mol. The third kappa shape index (κ3) is 2.79. The van der Waals surface area contributed by atoms with Gasteiger partial charge in [0.2, 0.25) is 0 Å². The molecule has 1 aliphatic carbocycles. The molecule has 3 rings (SSSR count). The van der Waals surface area contributed by atoms with Crippen molar-refractivity contribution in [3.63, 3.8) is 0 Å². The molecule has 1 aromatic heterocycles. The van der Waals surface area contributed by atoms with E-state index in [1.807, 2.05) is 0 Å². The second-order valence-corrected chi connectivity index (χ2v) is 4.81. The van der Waals surface area contributed by atoms with Crippen LogP contribution in [0.2, 0.25) is 0 Å². The highest BCUT2D eigenvalue weighted by molar-refractivity contribution is 5.85. The molecule has 1 aliphatic heterocycles. The molecule has 0 radical (unpaired) electrons. The van der Waals surface area contributed by atoms with Gasteiger partial charge in [-0.05, 0) is 37.1 Å². The molecule has 106 valence electrons. The maximum atomic E-state index is 12.7. The highest BCUT2D eigenvalue weighted by atomic mass is 35.5. The second kappa shape index (κ2) is 5.17. The third-order valence-electron chi connectivity index (χ3n) is 3.74. The lowest BCUT2D eigenvalue weighted by atomic mass is 10.3. The van der Waals surface area contributed by atoms with Gasteiger partial charge in [0.1, 0.15) is 5.75 Å². The fourth-order valence-corrected chi connectivity index (χ4v) is 2.70. The summed E-state index contributed by atoms with van der Waals surface area (Å²) < 4.78 is 43.3. The Labute approximate surface area is 115 Å². The topological polar surface area (TPSA) is 34.1 Å². The Morgan fingerprint density at radius 1 is 1.32 bits per heavy atom. The smallest absolute Gasteiger partial charge is 0.437 e. The van der Waals surface area contributed by atoms with Crippen LogP contribution >= 0.6 is 12.4 Å². The zero-order valence-electron chi connectivity index (χ0n) is 9.98. The van der Waals surface area contributed by atoms with E-state index in [2.05, 4.69) is 10.3 Å². The van der Waals surface area contributed by atoms with E-state index < -0.39 is 11.9 Å². The van der Waals surface area contributed by atoms with Gasteiger partial charge in [0, 0.05) is 12.1 Å². The van der Waals surface area contributed by atoms with Crippen LogP contribution in [0.25, 0.3) is 0 Å². The largest absolute Gasteiger partial charge is 0.491 e. The molecule has 1 aromatic rings. The van der Waals surface area contributed by atoms with Gasteiger partial charge in [-0.3, -0.25) is 0 Å². The molecule has 1 saturated carbocycles. The Morgan fingerprint density at radius 3 is 2.63 bits per heavy atom.